The van der Waals surface area contributed by atoms with Crippen LogP contribution in [0.15, 0.2) is 72.3 Å². The molecule has 3 aromatic carbocycles. The smallest absolute Gasteiger partial charge is 0.410 e. The number of hydrogen-bond donors (Lipinski definition) is 0. The van der Waals surface area contributed by atoms with E-state index in [9.17, 15) is 18.0 Å². The zero-order valence-electron chi connectivity index (χ0n) is 19.7. The first-order valence-corrected chi connectivity index (χ1v) is 12.5. The molecular formula is C30H26F3NO2. The van der Waals surface area contributed by atoms with Crippen LogP contribution < -0.4 is 0 Å². The van der Waals surface area contributed by atoms with Crippen molar-refractivity contribution in [2.24, 2.45) is 0 Å². The molecule has 36 heavy (non-hydrogen) atoms. The fraction of sp³-hybridized carbons (Fsp3) is 0.300. The molecule has 0 N–H and O–H groups in total. The number of fused-ring (bicyclic) bond motifs is 5. The van der Waals surface area contributed by atoms with E-state index in [4.69, 9.17) is 4.74 Å². The molecule has 1 aliphatic carbocycles. The van der Waals surface area contributed by atoms with Gasteiger partial charge in [-0.25, -0.2) is 18.0 Å². The maximum Gasteiger partial charge on any atom is 0.410 e. The predicted octanol–water partition coefficient (Wildman–Crippen LogP) is 7.15. The second-order valence-electron chi connectivity index (χ2n) is 9.89. The van der Waals surface area contributed by atoms with E-state index < -0.39 is 17.5 Å². The summed E-state index contributed by atoms with van der Waals surface area (Å²) in [6.45, 7) is 0.249. The molecule has 3 aromatic rings. The highest BCUT2D eigenvalue weighted by Crippen LogP contribution is 2.45. The summed E-state index contributed by atoms with van der Waals surface area (Å²) in [4.78, 5) is 15.1. The molecular weight excluding hydrogens is 463 g/mol. The lowest BCUT2D eigenvalue weighted by Gasteiger charge is -2.44. The molecule has 1 amide bonds. The first-order valence-electron chi connectivity index (χ1n) is 12.5. The van der Waals surface area contributed by atoms with Gasteiger partial charge in [-0.2, -0.15) is 0 Å². The van der Waals surface area contributed by atoms with Crippen molar-refractivity contribution in [3.05, 3.63) is 106 Å². The number of halogens is 3. The second-order valence-corrected chi connectivity index (χ2v) is 9.89. The monoisotopic (exact) mass is 489 g/mol. The summed E-state index contributed by atoms with van der Waals surface area (Å²) >= 11 is 0. The molecule has 0 spiro atoms. The Kier molecular flexibility index (Phi) is 5.82. The molecule has 6 heteroatoms. The second kappa shape index (κ2) is 9.16. The van der Waals surface area contributed by atoms with Crippen LogP contribution in [0.4, 0.5) is 18.0 Å². The third-order valence-corrected chi connectivity index (χ3v) is 7.80. The van der Waals surface area contributed by atoms with Crippen LogP contribution >= 0.6 is 0 Å². The van der Waals surface area contributed by atoms with E-state index in [2.05, 4.69) is 24.3 Å². The van der Waals surface area contributed by atoms with Crippen LogP contribution in [0.5, 0.6) is 0 Å². The summed E-state index contributed by atoms with van der Waals surface area (Å²) in [6.07, 6.45) is 4.59. The van der Waals surface area contributed by atoms with E-state index in [-0.39, 0.29) is 42.7 Å². The normalized spacial score (nSPS) is 20.5. The van der Waals surface area contributed by atoms with E-state index >= 15 is 0 Å². The fourth-order valence-corrected chi connectivity index (χ4v) is 6.16. The molecule has 1 fully saturated rings. The number of hydrogen-bond acceptors (Lipinski definition) is 2. The van der Waals surface area contributed by atoms with Gasteiger partial charge in [0.15, 0.2) is 11.6 Å². The van der Waals surface area contributed by atoms with Crippen molar-refractivity contribution in [1.29, 1.82) is 0 Å². The Morgan fingerprint density at radius 2 is 1.56 bits per heavy atom. The lowest BCUT2D eigenvalue weighted by Crippen LogP contribution is -2.52. The SMILES string of the molecule is O=C(OCC1c2ccccc2-c2ccccc21)N1C2C=C(Cc3c(F)ccc(F)c3F)CC1CCC2. The van der Waals surface area contributed by atoms with Gasteiger partial charge < -0.3 is 4.74 Å². The summed E-state index contributed by atoms with van der Waals surface area (Å²) in [5.74, 6) is -2.96. The van der Waals surface area contributed by atoms with Crippen molar-refractivity contribution < 1.29 is 22.7 Å². The zero-order chi connectivity index (χ0) is 24.8. The first-order chi connectivity index (χ1) is 17.5. The lowest BCUT2D eigenvalue weighted by molar-refractivity contribution is 0.0508. The summed E-state index contributed by atoms with van der Waals surface area (Å²) in [5, 5.41) is 0. The van der Waals surface area contributed by atoms with Crippen LogP contribution in [0, 0.1) is 17.5 Å². The highest BCUT2D eigenvalue weighted by molar-refractivity contribution is 5.79. The number of amides is 1. The fourth-order valence-electron chi connectivity index (χ4n) is 6.16. The van der Waals surface area contributed by atoms with Gasteiger partial charge in [0.2, 0.25) is 0 Å². The molecule has 2 aliphatic heterocycles. The molecule has 184 valence electrons. The summed E-state index contributed by atoms with van der Waals surface area (Å²) in [7, 11) is 0. The van der Waals surface area contributed by atoms with Gasteiger partial charge in [-0.05, 0) is 66.5 Å². The van der Waals surface area contributed by atoms with Crippen molar-refractivity contribution >= 4 is 6.09 Å². The maximum absolute atomic E-state index is 14.2. The average Bonchev–Trinajstić information content (AvgIpc) is 3.20. The Hall–Kier alpha value is -3.54. The summed E-state index contributed by atoms with van der Waals surface area (Å²) in [5.41, 5.74) is 5.24. The van der Waals surface area contributed by atoms with Crippen LogP contribution in [0.25, 0.3) is 11.1 Å². The van der Waals surface area contributed by atoms with Crippen LogP contribution in [-0.4, -0.2) is 29.7 Å². The molecule has 2 unspecified atom stereocenters. The molecule has 2 atom stereocenters. The van der Waals surface area contributed by atoms with Gasteiger partial charge in [0.05, 0.1) is 6.04 Å². The Labute approximate surface area is 208 Å². The number of benzene rings is 3. The van der Waals surface area contributed by atoms with Crippen LogP contribution in [0.2, 0.25) is 0 Å². The molecule has 3 aliphatic rings. The molecule has 0 aromatic heterocycles. The third-order valence-electron chi connectivity index (χ3n) is 7.80. The molecule has 6 rings (SSSR count). The number of piperidine rings is 1. The van der Waals surface area contributed by atoms with E-state index in [1.807, 2.05) is 30.3 Å². The standard InChI is InChI=1S/C30H26F3NO2/c31-27-12-13-28(32)29(33)25(27)16-18-14-19-6-5-7-20(15-18)34(19)30(35)36-17-26-23-10-3-1-8-21(23)22-9-2-4-11-24(22)26/h1-4,8-14,19-20,26H,5-7,15-17H2. The summed E-state index contributed by atoms with van der Waals surface area (Å²) in [6, 6.07) is 17.9. The van der Waals surface area contributed by atoms with E-state index in [0.29, 0.717) is 6.42 Å². The predicted molar refractivity (Wildman–Crippen MR) is 131 cm³/mol. The minimum atomic E-state index is -1.14. The Morgan fingerprint density at radius 1 is 0.889 bits per heavy atom. The van der Waals surface area contributed by atoms with Crippen molar-refractivity contribution in [3.63, 3.8) is 0 Å². The van der Waals surface area contributed by atoms with Crippen LogP contribution in [-0.2, 0) is 11.2 Å². The average molecular weight is 490 g/mol. The number of ether oxygens (including phenoxy) is 1. The molecule has 1 saturated heterocycles. The van der Waals surface area contributed by atoms with Gasteiger partial charge in [-0.3, -0.25) is 4.90 Å². The number of carbonyl (C=O) groups excluding carboxylic acids is 1. The minimum Gasteiger partial charge on any atom is -0.448 e. The van der Waals surface area contributed by atoms with Crippen LogP contribution in [0.3, 0.4) is 0 Å². The Bertz CT molecular complexity index is 1320. The van der Waals surface area contributed by atoms with Crippen LogP contribution in [0.1, 0.15) is 48.3 Å². The topological polar surface area (TPSA) is 29.5 Å². The van der Waals surface area contributed by atoms with Crippen molar-refractivity contribution in [1.82, 2.24) is 4.90 Å². The van der Waals surface area contributed by atoms with E-state index in [1.54, 1.807) is 4.90 Å². The van der Waals surface area contributed by atoms with Gasteiger partial charge in [0.1, 0.15) is 12.4 Å². The molecule has 2 bridgehead atoms. The maximum atomic E-state index is 14.2. The van der Waals surface area contributed by atoms with Crippen molar-refractivity contribution in [2.75, 3.05) is 6.61 Å². The molecule has 2 heterocycles. The number of rotatable bonds is 4. The Morgan fingerprint density at radius 3 is 2.25 bits per heavy atom. The van der Waals surface area contributed by atoms with Crippen molar-refractivity contribution in [3.8, 4) is 11.1 Å². The highest BCUT2D eigenvalue weighted by Gasteiger charge is 2.39. The largest absolute Gasteiger partial charge is 0.448 e. The Balaban J connectivity index is 1.20. The van der Waals surface area contributed by atoms with Gasteiger partial charge in [0, 0.05) is 17.5 Å². The summed E-state index contributed by atoms with van der Waals surface area (Å²) < 4.78 is 48.1. The molecule has 3 nitrogen and oxygen atoms in total. The first kappa shape index (κ1) is 22.9. The lowest BCUT2D eigenvalue weighted by atomic mass is 9.83. The number of nitrogens with zero attached hydrogens (tertiary/aromatic N) is 1. The molecule has 0 saturated carbocycles. The third kappa shape index (κ3) is 3.89. The van der Waals surface area contributed by atoms with Gasteiger partial charge in [-0.15, -0.1) is 0 Å². The van der Waals surface area contributed by atoms with E-state index in [0.717, 1.165) is 48.1 Å². The quantitative estimate of drug-likeness (QED) is 0.288. The van der Waals surface area contributed by atoms with Gasteiger partial charge in [0.25, 0.3) is 0 Å². The van der Waals surface area contributed by atoms with Gasteiger partial charge in [-0.1, -0.05) is 60.2 Å². The zero-order valence-corrected chi connectivity index (χ0v) is 19.7. The highest BCUT2D eigenvalue weighted by atomic mass is 19.2. The van der Waals surface area contributed by atoms with E-state index in [1.165, 1.54) is 11.1 Å². The minimum absolute atomic E-state index is 0.000949. The van der Waals surface area contributed by atoms with Gasteiger partial charge >= 0.3 is 6.09 Å². The molecule has 0 radical (unpaired) electrons. The number of carbonyl (C=O) groups is 1. The van der Waals surface area contributed by atoms with Crippen molar-refractivity contribution in [2.45, 2.75) is 50.1 Å².